The van der Waals surface area contributed by atoms with Crippen LogP contribution in [0.3, 0.4) is 0 Å². The molecule has 2 rings (SSSR count). The summed E-state index contributed by atoms with van der Waals surface area (Å²) in [6, 6.07) is 7.11. The zero-order chi connectivity index (χ0) is 12.8. The highest BCUT2D eigenvalue weighted by Gasteiger charge is 2.09. The van der Waals surface area contributed by atoms with Crippen molar-refractivity contribution >= 4 is 0 Å². The van der Waals surface area contributed by atoms with Crippen molar-refractivity contribution in [2.75, 3.05) is 26.7 Å². The van der Waals surface area contributed by atoms with Crippen LogP contribution in [0.25, 0.3) is 0 Å². The number of aryl methyl sites for hydroxylation is 2. The summed E-state index contributed by atoms with van der Waals surface area (Å²) < 4.78 is 0. The number of benzene rings is 1. The lowest BCUT2D eigenvalue weighted by atomic mass is 9.90. The van der Waals surface area contributed by atoms with Crippen molar-refractivity contribution in [3.05, 3.63) is 34.9 Å². The van der Waals surface area contributed by atoms with Crippen molar-refractivity contribution in [3.8, 4) is 0 Å². The first-order chi connectivity index (χ1) is 8.79. The van der Waals surface area contributed by atoms with Gasteiger partial charge in [0.2, 0.25) is 0 Å². The van der Waals surface area contributed by atoms with Gasteiger partial charge in [-0.15, -0.1) is 0 Å². The van der Waals surface area contributed by atoms with Crippen LogP contribution in [0.2, 0.25) is 0 Å². The molecule has 1 aromatic rings. The lowest BCUT2D eigenvalue weighted by Crippen LogP contribution is -2.24. The molecule has 0 saturated carbocycles. The van der Waals surface area contributed by atoms with E-state index >= 15 is 0 Å². The summed E-state index contributed by atoms with van der Waals surface area (Å²) in [5.41, 5.74) is 10.2. The van der Waals surface area contributed by atoms with Gasteiger partial charge >= 0.3 is 0 Å². The third-order valence-electron chi connectivity index (χ3n) is 3.94. The predicted molar refractivity (Wildman–Crippen MR) is 78.0 cm³/mol. The van der Waals surface area contributed by atoms with E-state index in [1.54, 1.807) is 11.1 Å². The van der Waals surface area contributed by atoms with Gasteiger partial charge in [0.1, 0.15) is 0 Å². The minimum atomic E-state index is 0.795. The SMILES string of the molecule is CN(CCCN)CCc1ccc2c(c1)CCCC2. The van der Waals surface area contributed by atoms with Crippen LogP contribution < -0.4 is 5.73 Å². The highest BCUT2D eigenvalue weighted by molar-refractivity contribution is 5.33. The smallest absolute Gasteiger partial charge is 0.00188 e. The maximum absolute atomic E-state index is 5.53. The number of fused-ring (bicyclic) bond motifs is 1. The number of nitrogens with two attached hydrogens (primary N) is 1. The normalized spacial score (nSPS) is 14.8. The Bertz CT molecular complexity index is 373. The van der Waals surface area contributed by atoms with Crippen LogP contribution in [0.4, 0.5) is 0 Å². The molecule has 1 aliphatic rings. The zero-order valence-electron chi connectivity index (χ0n) is 11.6. The summed E-state index contributed by atoms with van der Waals surface area (Å²) in [7, 11) is 2.19. The fraction of sp³-hybridized carbons (Fsp3) is 0.625. The average Bonchev–Trinajstić information content (AvgIpc) is 2.42. The first kappa shape index (κ1) is 13.6. The lowest BCUT2D eigenvalue weighted by Gasteiger charge is -2.19. The van der Waals surface area contributed by atoms with Gasteiger partial charge in [-0.05, 0) is 75.4 Å². The van der Waals surface area contributed by atoms with E-state index in [1.165, 1.54) is 31.2 Å². The highest BCUT2D eigenvalue weighted by atomic mass is 15.1. The van der Waals surface area contributed by atoms with E-state index in [0.717, 1.165) is 32.5 Å². The molecule has 0 aliphatic heterocycles. The number of nitrogens with zero attached hydrogens (tertiary/aromatic N) is 1. The molecule has 0 spiro atoms. The van der Waals surface area contributed by atoms with Gasteiger partial charge in [-0.2, -0.15) is 0 Å². The Morgan fingerprint density at radius 3 is 2.67 bits per heavy atom. The van der Waals surface area contributed by atoms with Crippen molar-refractivity contribution < 1.29 is 0 Å². The predicted octanol–water partition coefficient (Wildman–Crippen LogP) is 2.39. The summed E-state index contributed by atoms with van der Waals surface area (Å²) in [6.45, 7) is 3.05. The summed E-state index contributed by atoms with van der Waals surface area (Å²) in [6.07, 6.45) is 7.56. The number of likely N-dealkylation sites (N-methyl/N-ethyl adjacent to an activating group) is 1. The van der Waals surface area contributed by atoms with Gasteiger partial charge in [0.15, 0.2) is 0 Å². The van der Waals surface area contributed by atoms with Crippen LogP contribution in [0.1, 0.15) is 36.0 Å². The third kappa shape index (κ3) is 3.82. The summed E-state index contributed by atoms with van der Waals surface area (Å²) >= 11 is 0. The highest BCUT2D eigenvalue weighted by Crippen LogP contribution is 2.22. The molecule has 1 aromatic carbocycles. The molecule has 100 valence electrons. The number of hydrogen-bond acceptors (Lipinski definition) is 2. The van der Waals surface area contributed by atoms with E-state index in [0.29, 0.717) is 0 Å². The van der Waals surface area contributed by atoms with Crippen molar-refractivity contribution in [3.63, 3.8) is 0 Å². The van der Waals surface area contributed by atoms with E-state index in [1.807, 2.05) is 0 Å². The van der Waals surface area contributed by atoms with Crippen molar-refractivity contribution in [2.24, 2.45) is 5.73 Å². The maximum Gasteiger partial charge on any atom is 0.00188 e. The first-order valence-corrected chi connectivity index (χ1v) is 7.29. The van der Waals surface area contributed by atoms with Gasteiger partial charge in [0.25, 0.3) is 0 Å². The van der Waals surface area contributed by atoms with Crippen LogP contribution in [-0.4, -0.2) is 31.6 Å². The van der Waals surface area contributed by atoms with Gasteiger partial charge in [0, 0.05) is 6.54 Å². The molecule has 2 nitrogen and oxygen atoms in total. The molecular weight excluding hydrogens is 220 g/mol. The van der Waals surface area contributed by atoms with Gasteiger partial charge in [-0.25, -0.2) is 0 Å². The maximum atomic E-state index is 5.53. The van der Waals surface area contributed by atoms with Crippen LogP contribution in [-0.2, 0) is 19.3 Å². The minimum Gasteiger partial charge on any atom is -0.330 e. The third-order valence-corrected chi connectivity index (χ3v) is 3.94. The van der Waals surface area contributed by atoms with Crippen molar-refractivity contribution in [1.82, 2.24) is 4.90 Å². The Morgan fingerprint density at radius 1 is 1.11 bits per heavy atom. The molecule has 0 aromatic heterocycles. The van der Waals surface area contributed by atoms with Gasteiger partial charge in [-0.3, -0.25) is 0 Å². The molecule has 0 unspecified atom stereocenters. The lowest BCUT2D eigenvalue weighted by molar-refractivity contribution is 0.335. The second-order valence-electron chi connectivity index (χ2n) is 5.51. The molecule has 0 fully saturated rings. The van der Waals surface area contributed by atoms with Crippen LogP contribution >= 0.6 is 0 Å². The standard InChI is InChI=1S/C16H26N2/c1-18(11-4-10-17)12-9-14-7-8-15-5-2-3-6-16(15)13-14/h7-8,13H,2-6,9-12,17H2,1H3. The van der Waals surface area contributed by atoms with E-state index in [4.69, 9.17) is 5.73 Å². The van der Waals surface area contributed by atoms with Gasteiger partial charge in [0.05, 0.1) is 0 Å². The Kier molecular flexibility index (Phi) is 5.21. The average molecular weight is 246 g/mol. The topological polar surface area (TPSA) is 29.3 Å². The summed E-state index contributed by atoms with van der Waals surface area (Å²) in [5, 5.41) is 0. The van der Waals surface area contributed by atoms with E-state index in [9.17, 15) is 0 Å². The van der Waals surface area contributed by atoms with Gasteiger partial charge in [-0.1, -0.05) is 18.2 Å². The molecule has 1 aliphatic carbocycles. The fourth-order valence-electron chi connectivity index (χ4n) is 2.74. The molecule has 0 bridgehead atoms. The Hall–Kier alpha value is -0.860. The van der Waals surface area contributed by atoms with Gasteiger partial charge < -0.3 is 10.6 Å². The second-order valence-corrected chi connectivity index (χ2v) is 5.51. The summed E-state index contributed by atoms with van der Waals surface area (Å²) in [5.74, 6) is 0. The van der Waals surface area contributed by atoms with E-state index in [-0.39, 0.29) is 0 Å². The Morgan fingerprint density at radius 2 is 1.89 bits per heavy atom. The Balaban J connectivity index is 1.86. The molecule has 0 saturated heterocycles. The molecule has 2 heteroatoms. The van der Waals surface area contributed by atoms with Crippen LogP contribution in [0, 0.1) is 0 Å². The molecule has 0 heterocycles. The van der Waals surface area contributed by atoms with Crippen molar-refractivity contribution in [2.45, 2.75) is 38.5 Å². The minimum absolute atomic E-state index is 0.795. The molecular formula is C16H26N2. The molecule has 18 heavy (non-hydrogen) atoms. The van der Waals surface area contributed by atoms with Crippen LogP contribution in [0.5, 0.6) is 0 Å². The Labute approximate surface area is 111 Å². The molecule has 0 atom stereocenters. The molecule has 2 N–H and O–H groups in total. The zero-order valence-corrected chi connectivity index (χ0v) is 11.6. The largest absolute Gasteiger partial charge is 0.330 e. The first-order valence-electron chi connectivity index (χ1n) is 7.29. The van der Waals surface area contributed by atoms with Crippen molar-refractivity contribution in [1.29, 1.82) is 0 Å². The molecule has 0 amide bonds. The molecule has 0 radical (unpaired) electrons. The monoisotopic (exact) mass is 246 g/mol. The number of hydrogen-bond donors (Lipinski definition) is 1. The fourth-order valence-corrected chi connectivity index (χ4v) is 2.74. The van der Waals surface area contributed by atoms with Crippen LogP contribution in [0.15, 0.2) is 18.2 Å². The van der Waals surface area contributed by atoms with E-state index in [2.05, 4.69) is 30.1 Å². The number of rotatable bonds is 6. The van der Waals surface area contributed by atoms with E-state index < -0.39 is 0 Å². The summed E-state index contributed by atoms with van der Waals surface area (Å²) in [4.78, 5) is 2.38. The second kappa shape index (κ2) is 6.91. The quantitative estimate of drug-likeness (QED) is 0.835.